The SMILES string of the molecule is CC1(Nc2ncc(C#N)cc2N)CCCCC1. The zero-order valence-corrected chi connectivity index (χ0v) is 10.2. The average Bonchev–Trinajstić information content (AvgIpc) is 2.32. The van der Waals surface area contributed by atoms with Gasteiger partial charge in [0, 0.05) is 11.7 Å². The summed E-state index contributed by atoms with van der Waals surface area (Å²) in [7, 11) is 0. The first kappa shape index (κ1) is 11.7. The van der Waals surface area contributed by atoms with E-state index in [1.165, 1.54) is 19.3 Å². The van der Waals surface area contributed by atoms with Crippen LogP contribution in [0.5, 0.6) is 0 Å². The van der Waals surface area contributed by atoms with Gasteiger partial charge in [-0.05, 0) is 25.8 Å². The van der Waals surface area contributed by atoms with Gasteiger partial charge in [0.05, 0.1) is 11.3 Å². The van der Waals surface area contributed by atoms with Gasteiger partial charge in [-0.3, -0.25) is 0 Å². The van der Waals surface area contributed by atoms with Gasteiger partial charge >= 0.3 is 0 Å². The van der Waals surface area contributed by atoms with Crippen LogP contribution in [0.2, 0.25) is 0 Å². The molecular formula is C13H18N4. The number of nitrogens with two attached hydrogens (primary N) is 1. The third kappa shape index (κ3) is 2.68. The van der Waals surface area contributed by atoms with Crippen molar-refractivity contribution >= 4 is 11.5 Å². The molecule has 0 aromatic carbocycles. The van der Waals surface area contributed by atoms with Crippen LogP contribution in [0.1, 0.15) is 44.6 Å². The third-order valence-corrected chi connectivity index (χ3v) is 3.42. The maximum absolute atomic E-state index is 8.76. The van der Waals surface area contributed by atoms with E-state index in [0.717, 1.165) is 12.8 Å². The number of hydrogen-bond donors (Lipinski definition) is 2. The fourth-order valence-electron chi connectivity index (χ4n) is 2.39. The topological polar surface area (TPSA) is 74.7 Å². The summed E-state index contributed by atoms with van der Waals surface area (Å²) in [6.45, 7) is 2.21. The molecule has 0 bridgehead atoms. The van der Waals surface area contributed by atoms with Gasteiger partial charge in [-0.25, -0.2) is 4.98 Å². The smallest absolute Gasteiger partial charge is 0.149 e. The molecule has 0 saturated heterocycles. The van der Waals surface area contributed by atoms with Crippen molar-refractivity contribution in [3.8, 4) is 6.07 Å². The molecule has 4 nitrogen and oxygen atoms in total. The van der Waals surface area contributed by atoms with Crippen molar-refractivity contribution in [3.63, 3.8) is 0 Å². The van der Waals surface area contributed by atoms with Gasteiger partial charge in [-0.15, -0.1) is 0 Å². The summed E-state index contributed by atoms with van der Waals surface area (Å²) in [6, 6.07) is 3.71. The molecule has 1 aliphatic rings. The Morgan fingerprint density at radius 1 is 1.41 bits per heavy atom. The van der Waals surface area contributed by atoms with E-state index in [9.17, 15) is 0 Å². The van der Waals surface area contributed by atoms with Crippen molar-refractivity contribution < 1.29 is 0 Å². The summed E-state index contributed by atoms with van der Waals surface area (Å²) < 4.78 is 0. The Morgan fingerprint density at radius 2 is 2.12 bits per heavy atom. The molecule has 4 heteroatoms. The number of nitrogen functional groups attached to an aromatic ring is 1. The number of hydrogen-bond acceptors (Lipinski definition) is 4. The summed E-state index contributed by atoms with van der Waals surface area (Å²) >= 11 is 0. The van der Waals surface area contributed by atoms with Crippen molar-refractivity contribution in [2.45, 2.75) is 44.6 Å². The van der Waals surface area contributed by atoms with E-state index >= 15 is 0 Å². The number of aromatic nitrogens is 1. The van der Waals surface area contributed by atoms with Crippen LogP contribution in [0.25, 0.3) is 0 Å². The zero-order valence-electron chi connectivity index (χ0n) is 10.2. The van der Waals surface area contributed by atoms with Gasteiger partial charge in [-0.1, -0.05) is 19.3 Å². The molecular weight excluding hydrogens is 212 g/mol. The second-order valence-electron chi connectivity index (χ2n) is 5.02. The van der Waals surface area contributed by atoms with E-state index in [0.29, 0.717) is 17.1 Å². The molecule has 1 heterocycles. The van der Waals surface area contributed by atoms with Crippen LogP contribution in [0.15, 0.2) is 12.3 Å². The van der Waals surface area contributed by atoms with Gasteiger partial charge in [-0.2, -0.15) is 5.26 Å². The van der Waals surface area contributed by atoms with Crippen molar-refractivity contribution in [1.82, 2.24) is 4.98 Å². The van der Waals surface area contributed by atoms with Crippen molar-refractivity contribution in [1.29, 1.82) is 5.26 Å². The van der Waals surface area contributed by atoms with E-state index in [1.807, 2.05) is 6.07 Å². The van der Waals surface area contributed by atoms with Crippen LogP contribution in [0, 0.1) is 11.3 Å². The standard InChI is InChI=1S/C13H18N4/c1-13(5-3-2-4-6-13)17-12-11(15)7-10(8-14)9-16-12/h7,9H,2-6,15H2,1H3,(H,16,17). The predicted molar refractivity (Wildman–Crippen MR) is 68.5 cm³/mol. The van der Waals surface area contributed by atoms with Crippen LogP contribution in [-0.2, 0) is 0 Å². The predicted octanol–water partition coefficient (Wildman–Crippen LogP) is 2.67. The first-order valence-corrected chi connectivity index (χ1v) is 6.07. The molecule has 0 spiro atoms. The summed E-state index contributed by atoms with van der Waals surface area (Å²) in [5.41, 5.74) is 7.04. The Balaban J connectivity index is 2.15. The Bertz CT molecular complexity index is 441. The highest BCUT2D eigenvalue weighted by Gasteiger charge is 2.27. The minimum atomic E-state index is 0.0908. The molecule has 2 rings (SSSR count). The summed E-state index contributed by atoms with van der Waals surface area (Å²) in [5, 5.41) is 12.2. The molecule has 1 fully saturated rings. The van der Waals surface area contributed by atoms with E-state index in [2.05, 4.69) is 17.2 Å². The second kappa shape index (κ2) is 4.62. The number of anilines is 2. The minimum Gasteiger partial charge on any atom is -0.396 e. The molecule has 1 saturated carbocycles. The summed E-state index contributed by atoms with van der Waals surface area (Å²) in [6.07, 6.45) is 7.67. The lowest BCUT2D eigenvalue weighted by Gasteiger charge is -2.35. The number of pyridine rings is 1. The fourth-order valence-corrected chi connectivity index (χ4v) is 2.39. The van der Waals surface area contributed by atoms with Gasteiger partial charge in [0.1, 0.15) is 11.9 Å². The van der Waals surface area contributed by atoms with Crippen LogP contribution >= 0.6 is 0 Å². The van der Waals surface area contributed by atoms with E-state index < -0.39 is 0 Å². The van der Waals surface area contributed by atoms with Crippen molar-refractivity contribution in [2.75, 3.05) is 11.1 Å². The molecule has 0 unspecified atom stereocenters. The number of nitrogens with zero attached hydrogens (tertiary/aromatic N) is 2. The normalized spacial score (nSPS) is 18.4. The molecule has 0 atom stereocenters. The van der Waals surface area contributed by atoms with Crippen LogP contribution in [-0.4, -0.2) is 10.5 Å². The van der Waals surface area contributed by atoms with Gasteiger partial charge < -0.3 is 11.1 Å². The lowest BCUT2D eigenvalue weighted by Crippen LogP contribution is -2.37. The number of nitrogens with one attached hydrogen (secondary N) is 1. The van der Waals surface area contributed by atoms with Crippen molar-refractivity contribution in [2.24, 2.45) is 0 Å². The van der Waals surface area contributed by atoms with Crippen LogP contribution in [0.3, 0.4) is 0 Å². The molecule has 0 radical (unpaired) electrons. The zero-order chi connectivity index (χ0) is 12.3. The molecule has 3 N–H and O–H groups in total. The quantitative estimate of drug-likeness (QED) is 0.819. The molecule has 1 aromatic heterocycles. The van der Waals surface area contributed by atoms with Crippen molar-refractivity contribution in [3.05, 3.63) is 17.8 Å². The maximum atomic E-state index is 8.76. The third-order valence-electron chi connectivity index (χ3n) is 3.42. The number of nitriles is 1. The Hall–Kier alpha value is -1.76. The Morgan fingerprint density at radius 3 is 2.71 bits per heavy atom. The lowest BCUT2D eigenvalue weighted by atomic mass is 9.83. The molecule has 90 valence electrons. The molecule has 0 aliphatic heterocycles. The summed E-state index contributed by atoms with van der Waals surface area (Å²) in [4.78, 5) is 4.23. The Kier molecular flexibility index (Phi) is 3.19. The molecule has 17 heavy (non-hydrogen) atoms. The van der Waals surface area contributed by atoms with E-state index in [-0.39, 0.29) is 5.54 Å². The van der Waals surface area contributed by atoms with Gasteiger partial charge in [0.25, 0.3) is 0 Å². The minimum absolute atomic E-state index is 0.0908. The van der Waals surface area contributed by atoms with E-state index in [4.69, 9.17) is 11.0 Å². The largest absolute Gasteiger partial charge is 0.396 e. The maximum Gasteiger partial charge on any atom is 0.149 e. The highest BCUT2D eigenvalue weighted by molar-refractivity contribution is 5.64. The van der Waals surface area contributed by atoms with Gasteiger partial charge in [0.15, 0.2) is 0 Å². The summed E-state index contributed by atoms with van der Waals surface area (Å²) in [5.74, 6) is 0.702. The van der Waals surface area contributed by atoms with E-state index in [1.54, 1.807) is 12.3 Å². The molecule has 1 aliphatic carbocycles. The molecule has 0 amide bonds. The number of rotatable bonds is 2. The Labute approximate surface area is 102 Å². The van der Waals surface area contributed by atoms with Crippen LogP contribution < -0.4 is 11.1 Å². The monoisotopic (exact) mass is 230 g/mol. The first-order chi connectivity index (χ1) is 8.13. The van der Waals surface area contributed by atoms with Gasteiger partial charge in [0.2, 0.25) is 0 Å². The first-order valence-electron chi connectivity index (χ1n) is 6.07. The fraction of sp³-hybridized carbons (Fsp3) is 0.538. The highest BCUT2D eigenvalue weighted by Crippen LogP contribution is 2.32. The second-order valence-corrected chi connectivity index (χ2v) is 5.02. The van der Waals surface area contributed by atoms with Crippen LogP contribution in [0.4, 0.5) is 11.5 Å². The molecule has 1 aromatic rings. The average molecular weight is 230 g/mol. The lowest BCUT2D eigenvalue weighted by molar-refractivity contribution is 0.348. The highest BCUT2D eigenvalue weighted by atomic mass is 15.1.